The molecular weight excluding hydrogens is 338 g/mol. The summed E-state index contributed by atoms with van der Waals surface area (Å²) < 4.78 is 0. The number of nitrogens with zero attached hydrogens (tertiary/aromatic N) is 3. The molecule has 1 N–H and O–H groups in total. The molecule has 5 nitrogen and oxygen atoms in total. The van der Waals surface area contributed by atoms with Crippen LogP contribution in [-0.2, 0) is 11.3 Å². The second-order valence-electron chi connectivity index (χ2n) is 6.15. The minimum atomic E-state index is -0.186. The molecule has 27 heavy (non-hydrogen) atoms. The Morgan fingerprint density at radius 3 is 2.41 bits per heavy atom. The first-order valence-electron chi connectivity index (χ1n) is 8.58. The van der Waals surface area contributed by atoms with Gasteiger partial charge in [-0.15, -0.1) is 5.10 Å². The molecule has 1 aliphatic heterocycles. The zero-order valence-corrected chi connectivity index (χ0v) is 14.5. The molecule has 1 heterocycles. The van der Waals surface area contributed by atoms with Crippen molar-refractivity contribution in [2.75, 3.05) is 4.90 Å². The maximum Gasteiger partial charge on any atom is 0.279 e. The number of hydrogen-bond acceptors (Lipinski definition) is 4. The standard InChI is InChI=1S/C22H17N3O2/c26-20-13-7-4-10-17(20)14-23-24-21-18-11-5-6-12-19(18)25(22(21)27)15-16-8-2-1-3-9-16/h1-14,26H,15H2/b23-14+,24-21+. The molecule has 4 rings (SSSR count). The molecule has 5 heteroatoms. The average Bonchev–Trinajstić information content (AvgIpc) is 2.96. The summed E-state index contributed by atoms with van der Waals surface area (Å²) >= 11 is 0. The van der Waals surface area contributed by atoms with Gasteiger partial charge >= 0.3 is 0 Å². The van der Waals surface area contributed by atoms with E-state index in [-0.39, 0.29) is 11.7 Å². The van der Waals surface area contributed by atoms with Gasteiger partial charge in [-0.3, -0.25) is 4.79 Å². The van der Waals surface area contributed by atoms with E-state index in [9.17, 15) is 9.90 Å². The van der Waals surface area contributed by atoms with Crippen LogP contribution in [0.2, 0.25) is 0 Å². The zero-order chi connectivity index (χ0) is 18.6. The van der Waals surface area contributed by atoms with Gasteiger partial charge in [0.15, 0.2) is 5.71 Å². The first kappa shape index (κ1) is 16.7. The van der Waals surface area contributed by atoms with Gasteiger partial charge in [0.1, 0.15) is 5.75 Å². The third kappa shape index (κ3) is 3.35. The van der Waals surface area contributed by atoms with Crippen molar-refractivity contribution in [1.29, 1.82) is 0 Å². The molecule has 1 aliphatic rings. The summed E-state index contributed by atoms with van der Waals surface area (Å²) in [6.45, 7) is 0.471. The van der Waals surface area contributed by atoms with Gasteiger partial charge in [-0.25, -0.2) is 0 Å². The molecule has 0 fully saturated rings. The molecule has 0 atom stereocenters. The minimum absolute atomic E-state index is 0.116. The van der Waals surface area contributed by atoms with E-state index in [1.807, 2.05) is 54.6 Å². The first-order valence-corrected chi connectivity index (χ1v) is 8.58. The quantitative estimate of drug-likeness (QED) is 0.572. The van der Waals surface area contributed by atoms with Crippen molar-refractivity contribution in [1.82, 2.24) is 0 Å². The predicted octanol–water partition coefficient (Wildman–Crippen LogP) is 3.76. The number of hydrogen-bond donors (Lipinski definition) is 1. The van der Waals surface area contributed by atoms with Crippen LogP contribution in [0.15, 0.2) is 89.1 Å². The number of rotatable bonds is 4. The van der Waals surface area contributed by atoms with Gasteiger partial charge < -0.3 is 10.0 Å². The molecule has 0 aromatic heterocycles. The molecule has 0 aliphatic carbocycles. The number of phenols is 1. The monoisotopic (exact) mass is 355 g/mol. The number of benzene rings is 3. The number of para-hydroxylation sites is 2. The molecule has 0 saturated carbocycles. The first-order chi connectivity index (χ1) is 13.2. The molecule has 132 valence electrons. The lowest BCUT2D eigenvalue weighted by molar-refractivity contribution is -0.112. The van der Waals surface area contributed by atoms with Gasteiger partial charge in [0.05, 0.1) is 18.4 Å². The van der Waals surface area contributed by atoms with Crippen LogP contribution in [0.25, 0.3) is 0 Å². The fourth-order valence-electron chi connectivity index (χ4n) is 3.03. The van der Waals surface area contributed by atoms with Gasteiger partial charge in [0.25, 0.3) is 5.91 Å². The molecule has 0 spiro atoms. The van der Waals surface area contributed by atoms with Crippen LogP contribution >= 0.6 is 0 Å². The van der Waals surface area contributed by atoms with E-state index in [0.29, 0.717) is 17.8 Å². The van der Waals surface area contributed by atoms with E-state index in [0.717, 1.165) is 16.8 Å². The predicted molar refractivity (Wildman–Crippen MR) is 106 cm³/mol. The number of amides is 1. The summed E-state index contributed by atoms with van der Waals surface area (Å²) in [6.07, 6.45) is 1.44. The Bertz CT molecular complexity index is 1040. The van der Waals surface area contributed by atoms with Crippen LogP contribution < -0.4 is 4.90 Å². The summed E-state index contributed by atoms with van der Waals surface area (Å²) in [5, 5.41) is 18.0. The number of phenolic OH excluding ortho intramolecular Hbond substituents is 1. The summed E-state index contributed by atoms with van der Waals surface area (Å²) in [4.78, 5) is 14.7. The minimum Gasteiger partial charge on any atom is -0.507 e. The number of aromatic hydroxyl groups is 1. The molecule has 0 radical (unpaired) electrons. The smallest absolute Gasteiger partial charge is 0.279 e. The lowest BCUT2D eigenvalue weighted by atomic mass is 10.1. The third-order valence-corrected chi connectivity index (χ3v) is 4.37. The van der Waals surface area contributed by atoms with Crippen LogP contribution in [0.4, 0.5) is 5.69 Å². The van der Waals surface area contributed by atoms with Crippen LogP contribution in [0.5, 0.6) is 5.75 Å². The highest BCUT2D eigenvalue weighted by atomic mass is 16.3. The van der Waals surface area contributed by atoms with Crippen molar-refractivity contribution in [2.45, 2.75) is 6.54 Å². The van der Waals surface area contributed by atoms with E-state index in [1.165, 1.54) is 6.21 Å². The molecule has 0 saturated heterocycles. The Balaban J connectivity index is 1.66. The largest absolute Gasteiger partial charge is 0.507 e. The van der Waals surface area contributed by atoms with Crippen molar-refractivity contribution >= 4 is 23.5 Å². The second kappa shape index (κ2) is 7.25. The topological polar surface area (TPSA) is 65.3 Å². The molecule has 0 bridgehead atoms. The Labute approximate surface area is 156 Å². The van der Waals surface area contributed by atoms with E-state index in [2.05, 4.69) is 10.2 Å². The SMILES string of the molecule is O=C1/C(=N/N=C/c2ccccc2O)c2ccccc2N1Cc1ccccc1. The Morgan fingerprint density at radius 1 is 0.889 bits per heavy atom. The average molecular weight is 355 g/mol. The van der Waals surface area contributed by atoms with Gasteiger partial charge in [-0.1, -0.05) is 60.7 Å². The van der Waals surface area contributed by atoms with Crippen LogP contribution in [-0.4, -0.2) is 22.9 Å². The van der Waals surface area contributed by atoms with Crippen molar-refractivity contribution in [3.63, 3.8) is 0 Å². The fraction of sp³-hybridized carbons (Fsp3) is 0.0455. The normalized spacial score (nSPS) is 14.9. The Kier molecular flexibility index (Phi) is 4.49. The van der Waals surface area contributed by atoms with E-state index in [4.69, 9.17) is 0 Å². The number of fused-ring (bicyclic) bond motifs is 1. The molecule has 3 aromatic carbocycles. The van der Waals surface area contributed by atoms with E-state index < -0.39 is 0 Å². The lowest BCUT2D eigenvalue weighted by Crippen LogP contribution is -2.29. The highest BCUT2D eigenvalue weighted by molar-refractivity contribution is 6.54. The van der Waals surface area contributed by atoms with Gasteiger partial charge in [0, 0.05) is 11.1 Å². The van der Waals surface area contributed by atoms with Gasteiger partial charge in [0.2, 0.25) is 0 Å². The molecule has 0 unspecified atom stereocenters. The molecule has 1 amide bonds. The van der Waals surface area contributed by atoms with Crippen LogP contribution in [0, 0.1) is 0 Å². The summed E-state index contributed by atoms with van der Waals surface area (Å²) in [7, 11) is 0. The van der Waals surface area contributed by atoms with Gasteiger partial charge in [-0.2, -0.15) is 5.10 Å². The number of carbonyl (C=O) groups excluding carboxylic acids is 1. The summed E-state index contributed by atoms with van der Waals surface area (Å²) in [6, 6.07) is 24.2. The maximum atomic E-state index is 12.9. The van der Waals surface area contributed by atoms with Gasteiger partial charge in [-0.05, 0) is 23.8 Å². The second-order valence-corrected chi connectivity index (χ2v) is 6.15. The Morgan fingerprint density at radius 2 is 1.59 bits per heavy atom. The van der Waals surface area contributed by atoms with Crippen molar-refractivity contribution in [2.24, 2.45) is 10.2 Å². The Hall–Kier alpha value is -3.73. The number of carbonyl (C=O) groups is 1. The zero-order valence-electron chi connectivity index (χ0n) is 14.5. The summed E-state index contributed by atoms with van der Waals surface area (Å²) in [5.41, 5.74) is 3.46. The molecular formula is C22H17N3O2. The third-order valence-electron chi connectivity index (χ3n) is 4.37. The summed E-state index contributed by atoms with van der Waals surface area (Å²) in [5.74, 6) is -0.0696. The van der Waals surface area contributed by atoms with Crippen molar-refractivity contribution in [3.8, 4) is 5.75 Å². The number of anilines is 1. The highest BCUT2D eigenvalue weighted by Gasteiger charge is 2.33. The highest BCUT2D eigenvalue weighted by Crippen LogP contribution is 2.30. The van der Waals surface area contributed by atoms with Crippen LogP contribution in [0.1, 0.15) is 16.7 Å². The van der Waals surface area contributed by atoms with Crippen LogP contribution in [0.3, 0.4) is 0 Å². The lowest BCUT2D eigenvalue weighted by Gasteiger charge is -2.16. The maximum absolute atomic E-state index is 12.9. The molecule has 3 aromatic rings. The van der Waals surface area contributed by atoms with Crippen molar-refractivity contribution < 1.29 is 9.90 Å². The fourth-order valence-corrected chi connectivity index (χ4v) is 3.03. The van der Waals surface area contributed by atoms with E-state index >= 15 is 0 Å². The van der Waals surface area contributed by atoms with E-state index in [1.54, 1.807) is 29.2 Å². The van der Waals surface area contributed by atoms with Crippen molar-refractivity contribution in [3.05, 3.63) is 95.6 Å².